The molecule has 3 rings (SSSR count). The summed E-state index contributed by atoms with van der Waals surface area (Å²) in [4.78, 5) is 16.5. The van der Waals surface area contributed by atoms with Gasteiger partial charge in [0.1, 0.15) is 5.75 Å². The molecule has 1 heterocycles. The second kappa shape index (κ2) is 8.74. The van der Waals surface area contributed by atoms with E-state index in [1.54, 1.807) is 18.2 Å². The van der Waals surface area contributed by atoms with Crippen LogP contribution in [0.25, 0.3) is 11.3 Å². The van der Waals surface area contributed by atoms with E-state index in [1.807, 2.05) is 29.6 Å². The van der Waals surface area contributed by atoms with Gasteiger partial charge in [-0.25, -0.2) is 4.98 Å². The molecule has 0 aliphatic heterocycles. The van der Waals surface area contributed by atoms with Crippen molar-refractivity contribution in [2.24, 2.45) is 0 Å². The smallest absolute Gasteiger partial charge is 0.264 e. The first-order valence-electron chi connectivity index (χ1n) is 8.36. The summed E-state index contributed by atoms with van der Waals surface area (Å²) in [5.74, 6) is 0.837. The highest BCUT2D eigenvalue weighted by Crippen LogP contribution is 2.32. The molecule has 1 aromatic heterocycles. The third-order valence-corrected chi connectivity index (χ3v) is 5.18. The molecule has 4 nitrogen and oxygen atoms in total. The molecular formula is C20H18Cl2N2O2S. The van der Waals surface area contributed by atoms with E-state index in [1.165, 1.54) is 16.9 Å². The van der Waals surface area contributed by atoms with Gasteiger partial charge in [0.05, 0.1) is 10.7 Å². The number of nitrogens with one attached hydrogen (secondary N) is 1. The number of carbonyl (C=O) groups excluding carboxylic acids is 1. The van der Waals surface area contributed by atoms with Crippen molar-refractivity contribution >= 4 is 45.6 Å². The van der Waals surface area contributed by atoms with Crippen LogP contribution in [-0.2, 0) is 4.79 Å². The molecule has 1 amide bonds. The molecule has 0 unspecified atom stereocenters. The minimum Gasteiger partial charge on any atom is -0.484 e. The molecule has 0 bridgehead atoms. The highest BCUT2D eigenvalue weighted by molar-refractivity contribution is 7.14. The van der Waals surface area contributed by atoms with Crippen molar-refractivity contribution in [3.8, 4) is 17.0 Å². The Balaban J connectivity index is 1.57. The number of hydrogen-bond donors (Lipinski definition) is 1. The average molecular weight is 421 g/mol. The van der Waals surface area contributed by atoms with Crippen molar-refractivity contribution in [3.05, 3.63) is 63.5 Å². The first-order chi connectivity index (χ1) is 12.9. The van der Waals surface area contributed by atoms with Gasteiger partial charge in [0.25, 0.3) is 5.91 Å². The van der Waals surface area contributed by atoms with Crippen molar-refractivity contribution in [1.82, 2.24) is 4.98 Å². The van der Waals surface area contributed by atoms with Crippen LogP contribution in [0.1, 0.15) is 25.3 Å². The predicted octanol–water partition coefficient (Wildman–Crippen LogP) is 6.26. The lowest BCUT2D eigenvalue weighted by Crippen LogP contribution is -2.20. The Kier molecular flexibility index (Phi) is 6.37. The van der Waals surface area contributed by atoms with E-state index in [4.69, 9.17) is 27.9 Å². The third-order valence-electron chi connectivity index (χ3n) is 3.87. The van der Waals surface area contributed by atoms with Crippen LogP contribution in [0.3, 0.4) is 0 Å². The van der Waals surface area contributed by atoms with Crippen LogP contribution in [0.15, 0.2) is 47.8 Å². The molecule has 7 heteroatoms. The van der Waals surface area contributed by atoms with Gasteiger partial charge in [-0.2, -0.15) is 0 Å². The van der Waals surface area contributed by atoms with Gasteiger partial charge in [0.15, 0.2) is 11.7 Å². The lowest BCUT2D eigenvalue weighted by atomic mass is 10.0. The number of carbonyl (C=O) groups is 1. The Morgan fingerprint density at radius 1 is 1.19 bits per heavy atom. The number of anilines is 1. The molecule has 0 aliphatic carbocycles. The molecule has 0 saturated carbocycles. The maximum absolute atomic E-state index is 12.1. The summed E-state index contributed by atoms with van der Waals surface area (Å²) >= 11 is 13.4. The van der Waals surface area contributed by atoms with Crippen molar-refractivity contribution in [1.29, 1.82) is 0 Å². The van der Waals surface area contributed by atoms with Crippen LogP contribution < -0.4 is 10.1 Å². The van der Waals surface area contributed by atoms with Crippen LogP contribution in [0.5, 0.6) is 5.75 Å². The number of benzene rings is 2. The number of aromatic nitrogens is 1. The first kappa shape index (κ1) is 19.7. The maximum Gasteiger partial charge on any atom is 0.264 e. The summed E-state index contributed by atoms with van der Waals surface area (Å²) in [5, 5.41) is 6.13. The molecule has 0 radical (unpaired) electrons. The zero-order valence-electron chi connectivity index (χ0n) is 14.8. The van der Waals surface area contributed by atoms with Crippen LogP contribution in [-0.4, -0.2) is 17.5 Å². The standard InChI is InChI=1S/C20H18Cl2N2O2S/c1-12(2)13-3-6-15(7-4-13)26-10-19(25)24-20-23-18(11-27-20)16-8-5-14(21)9-17(16)22/h3-9,11-12H,10H2,1-2H3,(H,23,24,25). The number of ether oxygens (including phenoxy) is 1. The van der Waals surface area contributed by atoms with Gasteiger partial charge in [-0.15, -0.1) is 11.3 Å². The Morgan fingerprint density at radius 2 is 1.93 bits per heavy atom. The Hall–Kier alpha value is -2.08. The number of halogens is 2. The number of nitrogens with zero attached hydrogens (tertiary/aromatic N) is 1. The van der Waals surface area contributed by atoms with E-state index in [9.17, 15) is 4.79 Å². The second-order valence-corrected chi connectivity index (χ2v) is 7.92. The number of thiazole rings is 1. The second-order valence-electron chi connectivity index (χ2n) is 6.22. The molecule has 0 spiro atoms. The summed E-state index contributed by atoms with van der Waals surface area (Å²) in [6, 6.07) is 12.9. The number of rotatable bonds is 6. The minimum atomic E-state index is -0.272. The van der Waals surface area contributed by atoms with Crippen LogP contribution in [0.2, 0.25) is 10.0 Å². The SMILES string of the molecule is CC(C)c1ccc(OCC(=O)Nc2nc(-c3ccc(Cl)cc3Cl)cs2)cc1. The topological polar surface area (TPSA) is 51.2 Å². The summed E-state index contributed by atoms with van der Waals surface area (Å²) in [5.41, 5.74) is 2.67. The fraction of sp³-hybridized carbons (Fsp3) is 0.200. The molecule has 3 aromatic rings. The molecule has 0 atom stereocenters. The molecule has 140 valence electrons. The van der Waals surface area contributed by atoms with E-state index in [-0.39, 0.29) is 12.5 Å². The summed E-state index contributed by atoms with van der Waals surface area (Å²) in [7, 11) is 0. The minimum absolute atomic E-state index is 0.0857. The van der Waals surface area contributed by atoms with Crippen molar-refractivity contribution in [2.45, 2.75) is 19.8 Å². The van der Waals surface area contributed by atoms with Gasteiger partial charge in [0.2, 0.25) is 0 Å². The van der Waals surface area contributed by atoms with E-state index < -0.39 is 0 Å². The highest BCUT2D eigenvalue weighted by Gasteiger charge is 2.11. The van der Waals surface area contributed by atoms with Gasteiger partial charge in [-0.05, 0) is 41.8 Å². The summed E-state index contributed by atoms with van der Waals surface area (Å²) < 4.78 is 5.53. The third kappa shape index (κ3) is 5.22. The van der Waals surface area contributed by atoms with Crippen LogP contribution in [0, 0.1) is 0 Å². The normalized spacial score (nSPS) is 10.9. The van der Waals surface area contributed by atoms with Gasteiger partial charge >= 0.3 is 0 Å². The van der Waals surface area contributed by atoms with Gasteiger partial charge in [-0.3, -0.25) is 10.1 Å². The van der Waals surface area contributed by atoms with Crippen molar-refractivity contribution in [3.63, 3.8) is 0 Å². The Morgan fingerprint density at radius 3 is 2.59 bits per heavy atom. The summed E-state index contributed by atoms with van der Waals surface area (Å²) in [6.07, 6.45) is 0. The average Bonchev–Trinajstić information content (AvgIpc) is 3.08. The van der Waals surface area contributed by atoms with Gasteiger partial charge < -0.3 is 4.74 Å². The van der Waals surface area contributed by atoms with Crippen molar-refractivity contribution < 1.29 is 9.53 Å². The van der Waals surface area contributed by atoms with E-state index in [0.717, 1.165) is 5.56 Å². The predicted molar refractivity (Wildman–Crippen MR) is 112 cm³/mol. The van der Waals surface area contributed by atoms with Gasteiger partial charge in [-0.1, -0.05) is 49.2 Å². The van der Waals surface area contributed by atoms with Crippen LogP contribution in [0.4, 0.5) is 5.13 Å². The fourth-order valence-electron chi connectivity index (χ4n) is 2.41. The highest BCUT2D eigenvalue weighted by atomic mass is 35.5. The molecular weight excluding hydrogens is 403 g/mol. The van der Waals surface area contributed by atoms with Gasteiger partial charge in [0, 0.05) is 16.0 Å². The molecule has 27 heavy (non-hydrogen) atoms. The summed E-state index contributed by atoms with van der Waals surface area (Å²) in [6.45, 7) is 4.17. The van der Waals surface area contributed by atoms with E-state index >= 15 is 0 Å². The quantitative estimate of drug-likeness (QED) is 0.511. The zero-order valence-corrected chi connectivity index (χ0v) is 17.2. The number of hydrogen-bond acceptors (Lipinski definition) is 4. The van der Waals surface area contributed by atoms with Crippen molar-refractivity contribution in [2.75, 3.05) is 11.9 Å². The molecule has 0 fully saturated rings. The Bertz CT molecular complexity index is 939. The van der Waals surface area contributed by atoms with E-state index in [2.05, 4.69) is 24.1 Å². The number of amides is 1. The zero-order chi connectivity index (χ0) is 19.4. The monoisotopic (exact) mass is 420 g/mol. The molecule has 2 aromatic carbocycles. The molecule has 0 aliphatic rings. The maximum atomic E-state index is 12.1. The largest absolute Gasteiger partial charge is 0.484 e. The van der Waals surface area contributed by atoms with E-state index in [0.29, 0.717) is 32.5 Å². The molecule has 1 N–H and O–H groups in total. The lowest BCUT2D eigenvalue weighted by molar-refractivity contribution is -0.118. The Labute approximate surface area is 172 Å². The lowest BCUT2D eigenvalue weighted by Gasteiger charge is -2.08. The molecule has 0 saturated heterocycles. The first-order valence-corrected chi connectivity index (χ1v) is 9.99. The van der Waals surface area contributed by atoms with Crippen LogP contribution >= 0.6 is 34.5 Å². The fourth-order valence-corrected chi connectivity index (χ4v) is 3.64.